The second kappa shape index (κ2) is 8.34. The van der Waals surface area contributed by atoms with Gasteiger partial charge in [0.05, 0.1) is 11.8 Å². The van der Waals surface area contributed by atoms with Gasteiger partial charge in [-0.15, -0.1) is 0 Å². The predicted molar refractivity (Wildman–Crippen MR) is 96.4 cm³/mol. The second-order valence-electron chi connectivity index (χ2n) is 7.37. The van der Waals surface area contributed by atoms with Gasteiger partial charge in [-0.1, -0.05) is 30.3 Å². The summed E-state index contributed by atoms with van der Waals surface area (Å²) in [4.78, 5) is 37.5. The number of amides is 2. The summed E-state index contributed by atoms with van der Waals surface area (Å²) in [6.45, 7) is 1.11. The molecular weight excluding hydrogens is 332 g/mol. The van der Waals surface area contributed by atoms with Gasteiger partial charge in [-0.25, -0.2) is 0 Å². The lowest BCUT2D eigenvalue weighted by Crippen LogP contribution is -2.42. The van der Waals surface area contributed by atoms with Gasteiger partial charge in [0.2, 0.25) is 11.8 Å². The Hall–Kier alpha value is -2.37. The highest BCUT2D eigenvalue weighted by atomic mass is 16.4. The van der Waals surface area contributed by atoms with Crippen LogP contribution >= 0.6 is 0 Å². The molecule has 1 aliphatic heterocycles. The number of hydrogen-bond donors (Lipinski definition) is 2. The van der Waals surface area contributed by atoms with E-state index in [9.17, 15) is 14.4 Å². The molecule has 6 nitrogen and oxygen atoms in total. The Morgan fingerprint density at radius 3 is 2.42 bits per heavy atom. The number of benzene rings is 1. The van der Waals surface area contributed by atoms with Crippen molar-refractivity contribution in [3.8, 4) is 0 Å². The van der Waals surface area contributed by atoms with Crippen LogP contribution in [0.3, 0.4) is 0 Å². The van der Waals surface area contributed by atoms with E-state index in [4.69, 9.17) is 5.11 Å². The summed E-state index contributed by atoms with van der Waals surface area (Å²) >= 11 is 0. The van der Waals surface area contributed by atoms with Crippen molar-refractivity contribution in [3.63, 3.8) is 0 Å². The first-order chi connectivity index (χ1) is 12.5. The molecule has 0 radical (unpaired) electrons. The molecular formula is C20H26N2O4. The predicted octanol–water partition coefficient (Wildman–Crippen LogP) is 1.84. The summed E-state index contributed by atoms with van der Waals surface area (Å²) in [6.07, 6.45) is 3.66. The third kappa shape index (κ3) is 4.62. The van der Waals surface area contributed by atoms with E-state index < -0.39 is 5.97 Å². The van der Waals surface area contributed by atoms with Gasteiger partial charge < -0.3 is 15.3 Å². The highest BCUT2D eigenvalue weighted by molar-refractivity contribution is 5.89. The molecule has 1 aromatic rings. The highest BCUT2D eigenvalue weighted by Crippen LogP contribution is 2.25. The fourth-order valence-electron chi connectivity index (χ4n) is 3.88. The molecule has 0 spiro atoms. The molecule has 0 bridgehead atoms. The molecule has 1 saturated carbocycles. The summed E-state index contributed by atoms with van der Waals surface area (Å²) in [7, 11) is 0. The Balaban J connectivity index is 1.44. The number of rotatable bonds is 6. The summed E-state index contributed by atoms with van der Waals surface area (Å²) in [6, 6.07) is 10.0. The molecule has 2 fully saturated rings. The maximum absolute atomic E-state index is 12.5. The smallest absolute Gasteiger partial charge is 0.306 e. The number of carboxylic acids is 1. The third-order valence-corrected chi connectivity index (χ3v) is 5.52. The largest absolute Gasteiger partial charge is 0.481 e. The summed E-state index contributed by atoms with van der Waals surface area (Å²) in [5.41, 5.74) is 1.18. The zero-order chi connectivity index (χ0) is 18.5. The SMILES string of the molecule is O=C(O)C1CCC(NC(=O)C2CC(=O)N(CCc3ccccc3)C2)CC1. The minimum atomic E-state index is -0.745. The van der Waals surface area contributed by atoms with Gasteiger partial charge in [-0.05, 0) is 37.7 Å². The third-order valence-electron chi connectivity index (χ3n) is 5.52. The molecule has 2 aliphatic rings. The second-order valence-corrected chi connectivity index (χ2v) is 7.37. The van der Waals surface area contributed by atoms with Crippen LogP contribution in [-0.4, -0.2) is 46.9 Å². The first-order valence-corrected chi connectivity index (χ1v) is 9.38. The van der Waals surface area contributed by atoms with E-state index >= 15 is 0 Å². The molecule has 1 unspecified atom stereocenters. The molecule has 1 saturated heterocycles. The minimum Gasteiger partial charge on any atom is -0.481 e. The minimum absolute atomic E-state index is 0.0339. The van der Waals surface area contributed by atoms with Crippen molar-refractivity contribution in [2.75, 3.05) is 13.1 Å². The van der Waals surface area contributed by atoms with Gasteiger partial charge in [0, 0.05) is 25.6 Å². The van der Waals surface area contributed by atoms with Crippen molar-refractivity contribution in [2.45, 2.75) is 44.6 Å². The monoisotopic (exact) mass is 358 g/mol. The lowest BCUT2D eigenvalue weighted by Gasteiger charge is -2.27. The van der Waals surface area contributed by atoms with Crippen molar-refractivity contribution in [3.05, 3.63) is 35.9 Å². The number of likely N-dealkylation sites (tertiary alicyclic amines) is 1. The molecule has 3 rings (SSSR count). The van der Waals surface area contributed by atoms with E-state index in [1.165, 1.54) is 5.56 Å². The van der Waals surface area contributed by atoms with Gasteiger partial charge in [-0.3, -0.25) is 14.4 Å². The van der Waals surface area contributed by atoms with Crippen molar-refractivity contribution in [1.29, 1.82) is 0 Å². The van der Waals surface area contributed by atoms with Crippen molar-refractivity contribution >= 4 is 17.8 Å². The van der Waals surface area contributed by atoms with Gasteiger partial charge in [0.15, 0.2) is 0 Å². The number of carbonyl (C=O) groups excluding carboxylic acids is 2. The summed E-state index contributed by atoms with van der Waals surface area (Å²) in [5.74, 6) is -1.36. The number of carbonyl (C=O) groups is 3. The average molecular weight is 358 g/mol. The first-order valence-electron chi connectivity index (χ1n) is 9.38. The Bertz CT molecular complexity index is 653. The van der Waals surface area contributed by atoms with Crippen LogP contribution in [0, 0.1) is 11.8 Å². The lowest BCUT2D eigenvalue weighted by atomic mass is 9.86. The molecule has 0 aromatic heterocycles. The van der Waals surface area contributed by atoms with Crippen molar-refractivity contribution in [2.24, 2.45) is 11.8 Å². The van der Waals surface area contributed by atoms with Crippen LogP contribution in [0.15, 0.2) is 30.3 Å². The van der Waals surface area contributed by atoms with Crippen molar-refractivity contribution in [1.82, 2.24) is 10.2 Å². The van der Waals surface area contributed by atoms with Crippen LogP contribution in [0.25, 0.3) is 0 Å². The molecule has 1 atom stereocenters. The van der Waals surface area contributed by atoms with Gasteiger partial charge >= 0.3 is 5.97 Å². The van der Waals surface area contributed by atoms with Gasteiger partial charge in [-0.2, -0.15) is 0 Å². The quantitative estimate of drug-likeness (QED) is 0.812. The Morgan fingerprint density at radius 2 is 1.77 bits per heavy atom. The zero-order valence-electron chi connectivity index (χ0n) is 14.9. The molecule has 1 heterocycles. The fraction of sp³-hybridized carbons (Fsp3) is 0.550. The molecule has 140 valence electrons. The van der Waals surface area contributed by atoms with Crippen LogP contribution in [0.4, 0.5) is 0 Å². The van der Waals surface area contributed by atoms with Crippen LogP contribution in [-0.2, 0) is 20.8 Å². The Labute approximate surface area is 153 Å². The number of carboxylic acid groups (broad SMARTS) is 1. The van der Waals surface area contributed by atoms with Crippen LogP contribution in [0.1, 0.15) is 37.7 Å². The summed E-state index contributed by atoms with van der Waals surface area (Å²) < 4.78 is 0. The zero-order valence-corrected chi connectivity index (χ0v) is 14.9. The van der Waals surface area contributed by atoms with Crippen molar-refractivity contribution < 1.29 is 19.5 Å². The topological polar surface area (TPSA) is 86.7 Å². The molecule has 26 heavy (non-hydrogen) atoms. The van der Waals surface area contributed by atoms with E-state index in [2.05, 4.69) is 5.32 Å². The van der Waals surface area contributed by atoms with Crippen LogP contribution < -0.4 is 5.32 Å². The maximum Gasteiger partial charge on any atom is 0.306 e. The average Bonchev–Trinajstić information content (AvgIpc) is 3.02. The van der Waals surface area contributed by atoms with Crippen LogP contribution in [0.5, 0.6) is 0 Å². The Kier molecular flexibility index (Phi) is 5.91. The van der Waals surface area contributed by atoms with E-state index in [0.717, 1.165) is 6.42 Å². The number of hydrogen-bond acceptors (Lipinski definition) is 3. The molecule has 1 aromatic carbocycles. The maximum atomic E-state index is 12.5. The molecule has 1 aliphatic carbocycles. The van der Waals surface area contributed by atoms with Gasteiger partial charge in [0.25, 0.3) is 0 Å². The fourth-order valence-corrected chi connectivity index (χ4v) is 3.88. The lowest BCUT2D eigenvalue weighted by molar-refractivity contribution is -0.143. The molecule has 2 amide bonds. The van der Waals surface area contributed by atoms with E-state index in [-0.39, 0.29) is 36.1 Å². The van der Waals surface area contributed by atoms with Crippen LogP contribution in [0.2, 0.25) is 0 Å². The van der Waals surface area contributed by atoms with E-state index in [1.807, 2.05) is 30.3 Å². The standard InChI is InChI=1S/C20H26N2O4/c23-18-12-16(13-22(18)11-10-14-4-2-1-3-5-14)19(24)21-17-8-6-15(7-9-17)20(25)26/h1-5,15-17H,6-13H2,(H,21,24)(H,25,26). The van der Waals surface area contributed by atoms with Gasteiger partial charge in [0.1, 0.15) is 0 Å². The van der Waals surface area contributed by atoms with E-state index in [1.54, 1.807) is 4.90 Å². The summed E-state index contributed by atoms with van der Waals surface area (Å²) in [5, 5.41) is 12.1. The van der Waals surface area contributed by atoms with E-state index in [0.29, 0.717) is 38.8 Å². The Morgan fingerprint density at radius 1 is 1.08 bits per heavy atom. The number of nitrogens with zero attached hydrogens (tertiary/aromatic N) is 1. The number of aliphatic carboxylic acids is 1. The normalized spacial score (nSPS) is 25.9. The molecule has 2 N–H and O–H groups in total. The highest BCUT2D eigenvalue weighted by Gasteiger charge is 2.35. The number of nitrogens with one attached hydrogen (secondary N) is 1. The molecule has 6 heteroatoms. The first kappa shape index (κ1) is 18.4.